The van der Waals surface area contributed by atoms with Crippen LogP contribution < -0.4 is 15.6 Å². The molecule has 1 aromatic carbocycles. The highest BCUT2D eigenvalue weighted by Gasteiger charge is 2.26. The van der Waals surface area contributed by atoms with E-state index in [0.29, 0.717) is 0 Å². The van der Waals surface area contributed by atoms with E-state index in [9.17, 15) is 21.6 Å². The van der Waals surface area contributed by atoms with Crippen LogP contribution >= 0.6 is 0 Å². The normalized spacial score (nSPS) is 12.4. The number of ether oxygens (including phenoxy) is 1. The Labute approximate surface area is 108 Å². The summed E-state index contributed by atoms with van der Waals surface area (Å²) in [7, 11) is -3.99. The van der Waals surface area contributed by atoms with E-state index in [1.807, 2.05) is 0 Å². The number of rotatable bonds is 5. The summed E-state index contributed by atoms with van der Waals surface area (Å²) in [5.41, 5.74) is 5.32. The third-order valence-corrected chi connectivity index (χ3v) is 3.16. The average molecular weight is 298 g/mol. The van der Waals surface area contributed by atoms with E-state index < -0.39 is 22.6 Å². The number of anilines is 1. The van der Waals surface area contributed by atoms with Crippen molar-refractivity contribution >= 4 is 15.7 Å². The van der Waals surface area contributed by atoms with Crippen molar-refractivity contribution < 1.29 is 26.3 Å². The summed E-state index contributed by atoms with van der Waals surface area (Å²) in [5.74, 6) is -0.00583. The Morgan fingerprint density at radius 2 is 1.89 bits per heavy atom. The van der Waals surface area contributed by atoms with E-state index in [4.69, 9.17) is 15.6 Å². The Hall–Kier alpha value is -1.48. The zero-order valence-corrected chi connectivity index (χ0v) is 10.6. The minimum absolute atomic E-state index is 0.00583. The van der Waals surface area contributed by atoms with Crippen molar-refractivity contribution in [1.29, 1.82) is 0 Å². The number of hydrogen-bond donors (Lipinski definition) is 2. The molecule has 0 aliphatic carbocycles. The van der Waals surface area contributed by atoms with Gasteiger partial charge in [0.1, 0.15) is 10.6 Å². The average Bonchev–Trinajstić information content (AvgIpc) is 2.23. The van der Waals surface area contributed by atoms with Crippen LogP contribution in [0.3, 0.4) is 0 Å². The first-order valence-corrected chi connectivity index (χ1v) is 6.77. The molecule has 0 atom stereocenters. The first-order chi connectivity index (χ1) is 8.61. The third-order valence-electron chi connectivity index (χ3n) is 2.19. The maximum absolute atomic E-state index is 11.9. The molecule has 5 nitrogen and oxygen atoms in total. The molecule has 0 saturated heterocycles. The molecule has 0 amide bonds. The Kier molecular flexibility index (Phi) is 4.64. The second kappa shape index (κ2) is 5.66. The van der Waals surface area contributed by atoms with Gasteiger partial charge in [-0.05, 0) is 18.6 Å². The van der Waals surface area contributed by atoms with Gasteiger partial charge in [-0.1, -0.05) is 6.07 Å². The molecule has 1 aromatic rings. The van der Waals surface area contributed by atoms with Gasteiger partial charge in [0.05, 0.1) is 12.3 Å². The van der Waals surface area contributed by atoms with E-state index in [1.54, 1.807) is 0 Å². The van der Waals surface area contributed by atoms with Crippen LogP contribution in [0.4, 0.5) is 18.9 Å². The first-order valence-electron chi connectivity index (χ1n) is 5.22. The maximum Gasteiger partial charge on any atom is 0.389 e. The van der Waals surface area contributed by atoms with E-state index in [0.717, 1.165) is 0 Å². The predicted molar refractivity (Wildman–Crippen MR) is 63.0 cm³/mol. The Morgan fingerprint density at radius 3 is 2.42 bits per heavy atom. The van der Waals surface area contributed by atoms with Gasteiger partial charge in [0.15, 0.2) is 0 Å². The minimum Gasteiger partial charge on any atom is -0.491 e. The number of hydrogen-bond acceptors (Lipinski definition) is 4. The number of nitrogens with two attached hydrogens (primary N) is 2. The molecule has 19 heavy (non-hydrogen) atoms. The summed E-state index contributed by atoms with van der Waals surface area (Å²) in [4.78, 5) is -0.319. The van der Waals surface area contributed by atoms with E-state index >= 15 is 0 Å². The highest BCUT2D eigenvalue weighted by molar-refractivity contribution is 7.89. The van der Waals surface area contributed by atoms with Crippen LogP contribution in [-0.4, -0.2) is 21.2 Å². The highest BCUT2D eigenvalue weighted by atomic mass is 32.2. The molecule has 0 radical (unpaired) electrons. The number of sulfonamides is 1. The van der Waals surface area contributed by atoms with Crippen molar-refractivity contribution in [2.24, 2.45) is 5.14 Å². The van der Waals surface area contributed by atoms with Crippen LogP contribution in [0.15, 0.2) is 23.1 Å². The van der Waals surface area contributed by atoms with Gasteiger partial charge < -0.3 is 10.5 Å². The maximum atomic E-state index is 11.9. The topological polar surface area (TPSA) is 95.4 Å². The number of benzene rings is 1. The molecule has 0 aliphatic heterocycles. The minimum atomic E-state index is -4.25. The van der Waals surface area contributed by atoms with E-state index in [2.05, 4.69) is 0 Å². The molecule has 0 aliphatic rings. The fraction of sp³-hybridized carbons (Fsp3) is 0.400. The van der Waals surface area contributed by atoms with E-state index in [1.165, 1.54) is 18.2 Å². The number of halogens is 3. The van der Waals surface area contributed by atoms with Crippen LogP contribution in [-0.2, 0) is 10.0 Å². The number of primary sulfonamides is 1. The van der Waals surface area contributed by atoms with Gasteiger partial charge in [0.25, 0.3) is 0 Å². The summed E-state index contributed by atoms with van der Waals surface area (Å²) in [5, 5.41) is 4.93. The molecule has 9 heteroatoms. The molecule has 0 saturated carbocycles. The highest BCUT2D eigenvalue weighted by Crippen LogP contribution is 2.28. The zero-order valence-electron chi connectivity index (χ0n) is 9.77. The molecule has 0 fully saturated rings. The molecular weight excluding hydrogens is 285 g/mol. The Morgan fingerprint density at radius 1 is 1.26 bits per heavy atom. The van der Waals surface area contributed by atoms with Crippen molar-refractivity contribution in [2.45, 2.75) is 23.9 Å². The van der Waals surface area contributed by atoms with Gasteiger partial charge in [0.2, 0.25) is 10.0 Å². The summed E-state index contributed by atoms with van der Waals surface area (Å²) < 4.78 is 63.1. The lowest BCUT2D eigenvalue weighted by molar-refractivity contribution is -0.136. The van der Waals surface area contributed by atoms with Crippen LogP contribution in [0, 0.1) is 0 Å². The fourth-order valence-corrected chi connectivity index (χ4v) is 2.03. The molecule has 0 unspecified atom stereocenters. The zero-order chi connectivity index (χ0) is 14.7. The molecule has 0 bridgehead atoms. The molecule has 108 valence electrons. The molecule has 4 N–H and O–H groups in total. The van der Waals surface area contributed by atoms with Crippen LogP contribution in [0.2, 0.25) is 0 Å². The van der Waals surface area contributed by atoms with Crippen LogP contribution in [0.5, 0.6) is 5.75 Å². The SMILES string of the molecule is Nc1c(OCCCC(F)(F)F)cccc1S(N)(=O)=O. The second-order valence-electron chi connectivity index (χ2n) is 3.78. The lowest BCUT2D eigenvalue weighted by atomic mass is 10.3. The third kappa shape index (κ3) is 4.95. The fourth-order valence-electron chi connectivity index (χ4n) is 1.35. The Balaban J connectivity index is 2.71. The lowest BCUT2D eigenvalue weighted by Gasteiger charge is -2.11. The molecule has 0 spiro atoms. The quantitative estimate of drug-likeness (QED) is 0.638. The van der Waals surface area contributed by atoms with Crippen molar-refractivity contribution in [1.82, 2.24) is 0 Å². The summed E-state index contributed by atoms with van der Waals surface area (Å²) in [6, 6.07) is 3.89. The van der Waals surface area contributed by atoms with Gasteiger partial charge in [-0.15, -0.1) is 0 Å². The monoisotopic (exact) mass is 298 g/mol. The van der Waals surface area contributed by atoms with Gasteiger partial charge >= 0.3 is 6.18 Å². The van der Waals surface area contributed by atoms with Crippen molar-refractivity contribution in [2.75, 3.05) is 12.3 Å². The number of alkyl halides is 3. The Bertz CT molecular complexity index is 543. The second-order valence-corrected chi connectivity index (χ2v) is 5.31. The molecule has 1 rings (SSSR count). The first kappa shape index (κ1) is 15.6. The smallest absolute Gasteiger partial charge is 0.389 e. The molecular formula is C10H13F3N2O3S. The molecule has 0 heterocycles. The van der Waals surface area contributed by atoms with E-state index in [-0.39, 0.29) is 29.4 Å². The van der Waals surface area contributed by atoms with Crippen molar-refractivity contribution in [3.63, 3.8) is 0 Å². The van der Waals surface area contributed by atoms with Gasteiger partial charge in [0, 0.05) is 6.42 Å². The van der Waals surface area contributed by atoms with Gasteiger partial charge in [-0.25, -0.2) is 13.6 Å². The number of nitrogen functional groups attached to an aromatic ring is 1. The summed E-state index contributed by atoms with van der Waals surface area (Å²) in [6.07, 6.45) is -5.48. The van der Waals surface area contributed by atoms with Crippen molar-refractivity contribution in [3.05, 3.63) is 18.2 Å². The standard InChI is InChI=1S/C10H13F3N2O3S/c11-10(12,13)5-2-6-18-7-3-1-4-8(9(7)14)19(15,16)17/h1,3-4H,2,5-6,14H2,(H2,15,16,17). The van der Waals surface area contributed by atoms with Crippen LogP contribution in [0.25, 0.3) is 0 Å². The largest absolute Gasteiger partial charge is 0.491 e. The van der Waals surface area contributed by atoms with Gasteiger partial charge in [-0.3, -0.25) is 0 Å². The van der Waals surface area contributed by atoms with Gasteiger partial charge in [-0.2, -0.15) is 13.2 Å². The summed E-state index contributed by atoms with van der Waals surface area (Å²) >= 11 is 0. The summed E-state index contributed by atoms with van der Waals surface area (Å²) in [6.45, 7) is -0.224. The lowest BCUT2D eigenvalue weighted by Crippen LogP contribution is -2.15. The predicted octanol–water partition coefficient (Wildman–Crippen LogP) is 1.64. The van der Waals surface area contributed by atoms with Crippen molar-refractivity contribution in [3.8, 4) is 5.75 Å². The van der Waals surface area contributed by atoms with Crippen LogP contribution in [0.1, 0.15) is 12.8 Å². The molecule has 0 aromatic heterocycles. The number of para-hydroxylation sites is 1.